The van der Waals surface area contributed by atoms with Gasteiger partial charge in [0, 0.05) is 17.3 Å². The molecule has 0 spiro atoms. The SMILES string of the molecule is CCC(Cl)c1c(C)nn(C(C)CC)c1C. The molecule has 15 heavy (non-hydrogen) atoms. The molecule has 0 bridgehead atoms. The van der Waals surface area contributed by atoms with Crippen LogP contribution in [0.4, 0.5) is 0 Å². The highest BCUT2D eigenvalue weighted by molar-refractivity contribution is 6.20. The Morgan fingerprint density at radius 2 is 1.87 bits per heavy atom. The van der Waals surface area contributed by atoms with Crippen LogP contribution in [0.15, 0.2) is 0 Å². The van der Waals surface area contributed by atoms with E-state index in [1.54, 1.807) is 0 Å². The molecule has 1 heterocycles. The lowest BCUT2D eigenvalue weighted by Crippen LogP contribution is -2.08. The predicted molar refractivity (Wildman–Crippen MR) is 65.6 cm³/mol. The van der Waals surface area contributed by atoms with Gasteiger partial charge in [-0.05, 0) is 33.6 Å². The quantitative estimate of drug-likeness (QED) is 0.708. The van der Waals surface area contributed by atoms with Crippen molar-refractivity contribution < 1.29 is 0 Å². The first-order chi connectivity index (χ1) is 7.02. The molecule has 2 atom stereocenters. The monoisotopic (exact) mass is 228 g/mol. The van der Waals surface area contributed by atoms with Crippen LogP contribution in [0, 0.1) is 13.8 Å². The van der Waals surface area contributed by atoms with Crippen LogP contribution in [0.3, 0.4) is 0 Å². The molecule has 1 aromatic heterocycles. The maximum Gasteiger partial charge on any atom is 0.0643 e. The summed E-state index contributed by atoms with van der Waals surface area (Å²) in [6.07, 6.45) is 2.05. The third-order valence-corrected chi connectivity index (χ3v) is 3.59. The summed E-state index contributed by atoms with van der Waals surface area (Å²) < 4.78 is 2.11. The van der Waals surface area contributed by atoms with Gasteiger partial charge in [-0.1, -0.05) is 13.8 Å². The fourth-order valence-electron chi connectivity index (χ4n) is 1.94. The van der Waals surface area contributed by atoms with E-state index in [-0.39, 0.29) is 5.38 Å². The second kappa shape index (κ2) is 5.02. The van der Waals surface area contributed by atoms with E-state index in [2.05, 4.69) is 37.5 Å². The summed E-state index contributed by atoms with van der Waals surface area (Å²) in [5, 5.41) is 4.68. The van der Waals surface area contributed by atoms with E-state index in [0.29, 0.717) is 6.04 Å². The van der Waals surface area contributed by atoms with Crippen LogP contribution < -0.4 is 0 Å². The molecule has 1 aromatic rings. The molecule has 0 aliphatic carbocycles. The van der Waals surface area contributed by atoms with Crippen LogP contribution in [-0.4, -0.2) is 9.78 Å². The molecule has 86 valence electrons. The standard InChI is InChI=1S/C12H21ClN2/c1-6-8(3)15-10(5)12(9(4)14-15)11(13)7-2/h8,11H,6-7H2,1-5H3. The number of aromatic nitrogens is 2. The first-order valence-electron chi connectivity index (χ1n) is 5.72. The van der Waals surface area contributed by atoms with Crippen LogP contribution in [0.25, 0.3) is 0 Å². The summed E-state index contributed by atoms with van der Waals surface area (Å²) >= 11 is 6.31. The normalized spacial score (nSPS) is 15.3. The lowest BCUT2D eigenvalue weighted by Gasteiger charge is -2.13. The van der Waals surface area contributed by atoms with Crippen molar-refractivity contribution in [2.24, 2.45) is 0 Å². The number of alkyl halides is 1. The average molecular weight is 229 g/mol. The zero-order valence-corrected chi connectivity index (χ0v) is 11.1. The van der Waals surface area contributed by atoms with Crippen LogP contribution in [-0.2, 0) is 0 Å². The van der Waals surface area contributed by atoms with Crippen molar-refractivity contribution in [1.29, 1.82) is 0 Å². The number of hydrogen-bond donors (Lipinski definition) is 0. The summed E-state index contributed by atoms with van der Waals surface area (Å²) in [5.74, 6) is 0. The van der Waals surface area contributed by atoms with Crippen molar-refractivity contribution in [1.82, 2.24) is 9.78 Å². The fraction of sp³-hybridized carbons (Fsp3) is 0.750. The summed E-state index contributed by atoms with van der Waals surface area (Å²) in [5.41, 5.74) is 3.53. The van der Waals surface area contributed by atoms with Crippen molar-refractivity contribution in [3.05, 3.63) is 17.0 Å². The summed E-state index contributed by atoms with van der Waals surface area (Å²) in [6.45, 7) is 10.6. The van der Waals surface area contributed by atoms with Gasteiger partial charge < -0.3 is 0 Å². The predicted octanol–water partition coefficient (Wildman–Crippen LogP) is 4.16. The zero-order valence-electron chi connectivity index (χ0n) is 10.3. The molecule has 1 rings (SSSR count). The van der Waals surface area contributed by atoms with E-state index in [4.69, 9.17) is 11.6 Å². The van der Waals surface area contributed by atoms with E-state index < -0.39 is 0 Å². The molecule has 2 unspecified atom stereocenters. The number of nitrogens with zero attached hydrogens (tertiary/aromatic N) is 2. The van der Waals surface area contributed by atoms with E-state index >= 15 is 0 Å². The molecule has 0 saturated heterocycles. The van der Waals surface area contributed by atoms with Crippen molar-refractivity contribution in [3.8, 4) is 0 Å². The summed E-state index contributed by atoms with van der Waals surface area (Å²) in [4.78, 5) is 0. The minimum Gasteiger partial charge on any atom is -0.267 e. The molecule has 0 N–H and O–H groups in total. The number of halogens is 1. The van der Waals surface area contributed by atoms with Crippen molar-refractivity contribution in [3.63, 3.8) is 0 Å². The average Bonchev–Trinajstić information content (AvgIpc) is 2.52. The van der Waals surface area contributed by atoms with E-state index in [1.165, 1.54) is 11.3 Å². The Morgan fingerprint density at radius 3 is 2.33 bits per heavy atom. The van der Waals surface area contributed by atoms with Gasteiger partial charge in [-0.15, -0.1) is 11.6 Å². The Bertz CT molecular complexity index is 331. The molecule has 0 aliphatic heterocycles. The van der Waals surface area contributed by atoms with Crippen molar-refractivity contribution in [2.75, 3.05) is 0 Å². The van der Waals surface area contributed by atoms with Gasteiger partial charge in [-0.25, -0.2) is 0 Å². The third-order valence-electron chi connectivity index (χ3n) is 3.06. The largest absolute Gasteiger partial charge is 0.267 e. The fourth-order valence-corrected chi connectivity index (χ4v) is 2.25. The van der Waals surface area contributed by atoms with Gasteiger partial charge in [0.05, 0.1) is 11.1 Å². The molecule has 0 fully saturated rings. The Morgan fingerprint density at radius 1 is 1.27 bits per heavy atom. The second-order valence-corrected chi connectivity index (χ2v) is 4.69. The Labute approximate surface area is 97.6 Å². The lowest BCUT2D eigenvalue weighted by atomic mass is 10.1. The highest BCUT2D eigenvalue weighted by atomic mass is 35.5. The van der Waals surface area contributed by atoms with E-state index in [9.17, 15) is 0 Å². The number of hydrogen-bond acceptors (Lipinski definition) is 1. The van der Waals surface area contributed by atoms with Gasteiger partial charge in [-0.3, -0.25) is 4.68 Å². The first-order valence-corrected chi connectivity index (χ1v) is 6.16. The van der Waals surface area contributed by atoms with Gasteiger partial charge >= 0.3 is 0 Å². The maximum atomic E-state index is 6.31. The topological polar surface area (TPSA) is 17.8 Å². The second-order valence-electron chi connectivity index (χ2n) is 4.16. The van der Waals surface area contributed by atoms with Gasteiger partial charge in [0.2, 0.25) is 0 Å². The van der Waals surface area contributed by atoms with E-state index in [0.717, 1.165) is 18.5 Å². The minimum atomic E-state index is 0.0998. The molecule has 3 heteroatoms. The molecule has 0 radical (unpaired) electrons. The minimum absolute atomic E-state index is 0.0998. The molecule has 2 nitrogen and oxygen atoms in total. The Hall–Kier alpha value is -0.500. The van der Waals surface area contributed by atoms with Gasteiger partial charge in [0.15, 0.2) is 0 Å². The lowest BCUT2D eigenvalue weighted by molar-refractivity contribution is 0.464. The molecule has 0 amide bonds. The van der Waals surface area contributed by atoms with Crippen LogP contribution in [0.1, 0.15) is 62.0 Å². The van der Waals surface area contributed by atoms with Gasteiger partial charge in [0.1, 0.15) is 0 Å². The zero-order chi connectivity index (χ0) is 11.6. The van der Waals surface area contributed by atoms with Crippen LogP contribution in [0.2, 0.25) is 0 Å². The molecule has 0 aliphatic rings. The summed E-state index contributed by atoms with van der Waals surface area (Å²) in [6, 6.07) is 0.457. The molecule has 0 saturated carbocycles. The van der Waals surface area contributed by atoms with E-state index in [1.807, 2.05) is 6.92 Å². The van der Waals surface area contributed by atoms with Gasteiger partial charge in [-0.2, -0.15) is 5.10 Å². The van der Waals surface area contributed by atoms with Crippen LogP contribution in [0.5, 0.6) is 0 Å². The van der Waals surface area contributed by atoms with Gasteiger partial charge in [0.25, 0.3) is 0 Å². The first kappa shape index (κ1) is 12.6. The highest BCUT2D eigenvalue weighted by Crippen LogP contribution is 2.31. The number of aryl methyl sites for hydroxylation is 1. The van der Waals surface area contributed by atoms with Crippen molar-refractivity contribution in [2.45, 2.75) is 58.9 Å². The summed E-state index contributed by atoms with van der Waals surface area (Å²) in [7, 11) is 0. The molecule has 0 aromatic carbocycles. The molecular formula is C12H21ClN2. The highest BCUT2D eigenvalue weighted by Gasteiger charge is 2.19. The smallest absolute Gasteiger partial charge is 0.0643 e. The Kier molecular flexibility index (Phi) is 4.21. The number of rotatable bonds is 4. The van der Waals surface area contributed by atoms with Crippen LogP contribution >= 0.6 is 11.6 Å². The third kappa shape index (κ3) is 2.36. The van der Waals surface area contributed by atoms with Crippen molar-refractivity contribution >= 4 is 11.6 Å². The Balaban J connectivity index is 3.14. The molecular weight excluding hydrogens is 208 g/mol. The maximum absolute atomic E-state index is 6.31.